The average molecular weight is 417 g/mol. The number of aromatic nitrogens is 1. The third-order valence-corrected chi connectivity index (χ3v) is 8.80. The van der Waals surface area contributed by atoms with Crippen LogP contribution in [0.3, 0.4) is 0 Å². The fourth-order valence-electron chi connectivity index (χ4n) is 5.45. The first-order valence-electron chi connectivity index (χ1n) is 10.1. The van der Waals surface area contributed by atoms with Crippen LogP contribution in [0.1, 0.15) is 62.1 Å². The van der Waals surface area contributed by atoms with Crippen LogP contribution in [-0.2, 0) is 16.0 Å². The summed E-state index contributed by atoms with van der Waals surface area (Å²) in [7, 11) is -2.88. The number of likely N-dealkylation sites (tertiary alicyclic amines) is 1. The number of hydrogen-bond donors (Lipinski definition) is 0. The van der Waals surface area contributed by atoms with E-state index in [0.717, 1.165) is 69.7 Å². The predicted octanol–water partition coefficient (Wildman–Crippen LogP) is 4.03. The zero-order valence-corrected chi connectivity index (χ0v) is 16.7. The molecule has 8 heteroatoms. The number of piperidine rings is 1. The van der Waals surface area contributed by atoms with Crippen molar-refractivity contribution in [2.45, 2.75) is 63.1 Å². The number of hydrogen-bond acceptors (Lipinski definition) is 4. The lowest BCUT2D eigenvalue weighted by molar-refractivity contribution is -0.141. The Kier molecular flexibility index (Phi) is 5.23. The van der Waals surface area contributed by atoms with Crippen molar-refractivity contribution in [3.63, 3.8) is 0 Å². The fourth-order valence-corrected chi connectivity index (χ4v) is 7.65. The van der Waals surface area contributed by atoms with Crippen molar-refractivity contribution in [2.24, 2.45) is 5.41 Å². The largest absolute Gasteiger partial charge is 0.433 e. The predicted molar refractivity (Wildman–Crippen MR) is 101 cm³/mol. The summed E-state index contributed by atoms with van der Waals surface area (Å²) in [5.74, 6) is 0.925. The maximum atomic E-state index is 12.7. The normalized spacial score (nSPS) is 34.0. The molecule has 28 heavy (non-hydrogen) atoms. The van der Waals surface area contributed by atoms with Crippen LogP contribution in [-0.4, -0.2) is 48.9 Å². The molecule has 0 unspecified atom stereocenters. The highest BCUT2D eigenvalue weighted by Gasteiger charge is 2.46. The quantitative estimate of drug-likeness (QED) is 0.731. The van der Waals surface area contributed by atoms with Crippen molar-refractivity contribution in [3.8, 4) is 0 Å². The van der Waals surface area contributed by atoms with Crippen molar-refractivity contribution < 1.29 is 21.6 Å². The second-order valence-electron chi connectivity index (χ2n) is 8.90. The van der Waals surface area contributed by atoms with E-state index < -0.39 is 21.7 Å². The molecule has 2 saturated heterocycles. The summed E-state index contributed by atoms with van der Waals surface area (Å²) in [4.78, 5) is 6.10. The van der Waals surface area contributed by atoms with Gasteiger partial charge in [-0.1, -0.05) is 6.07 Å². The smallest absolute Gasteiger partial charge is 0.300 e. The van der Waals surface area contributed by atoms with Gasteiger partial charge in [0.2, 0.25) is 0 Å². The van der Waals surface area contributed by atoms with Crippen LogP contribution in [0.2, 0.25) is 0 Å². The maximum Gasteiger partial charge on any atom is 0.433 e. The monoisotopic (exact) mass is 416 g/mol. The topological polar surface area (TPSA) is 50.3 Å². The lowest BCUT2D eigenvalue weighted by Gasteiger charge is -2.45. The van der Waals surface area contributed by atoms with Crippen LogP contribution in [0.4, 0.5) is 13.2 Å². The number of sulfone groups is 1. The first-order chi connectivity index (χ1) is 13.2. The van der Waals surface area contributed by atoms with Gasteiger partial charge in [-0.15, -0.1) is 0 Å². The van der Waals surface area contributed by atoms with Gasteiger partial charge in [-0.25, -0.2) is 8.42 Å². The summed E-state index contributed by atoms with van der Waals surface area (Å²) < 4.78 is 62.0. The molecule has 1 aromatic heterocycles. The minimum absolute atomic E-state index is 0.0503. The van der Waals surface area contributed by atoms with Crippen LogP contribution in [0.25, 0.3) is 0 Å². The molecule has 156 valence electrons. The minimum atomic E-state index is -4.39. The second kappa shape index (κ2) is 7.27. The summed E-state index contributed by atoms with van der Waals surface area (Å²) >= 11 is 0. The van der Waals surface area contributed by atoms with Crippen LogP contribution >= 0.6 is 0 Å². The van der Waals surface area contributed by atoms with Gasteiger partial charge in [-0.2, -0.15) is 13.2 Å². The van der Waals surface area contributed by atoms with Gasteiger partial charge in [0, 0.05) is 18.8 Å². The lowest BCUT2D eigenvalue weighted by Crippen LogP contribution is -2.49. The fraction of sp³-hybridized carbons (Fsp3) is 0.750. The zero-order valence-electron chi connectivity index (χ0n) is 15.9. The third-order valence-electron chi connectivity index (χ3n) is 6.92. The molecule has 4 nitrogen and oxygen atoms in total. The molecule has 3 heterocycles. The highest BCUT2D eigenvalue weighted by molar-refractivity contribution is 7.91. The number of halogens is 3. The molecule has 1 saturated carbocycles. The van der Waals surface area contributed by atoms with Gasteiger partial charge in [0.05, 0.1) is 11.5 Å². The number of alkyl halides is 3. The van der Waals surface area contributed by atoms with Crippen molar-refractivity contribution in [3.05, 3.63) is 29.6 Å². The Bertz CT molecular complexity index is 802. The number of nitrogens with zero attached hydrogens (tertiary/aromatic N) is 2. The van der Waals surface area contributed by atoms with E-state index in [0.29, 0.717) is 17.5 Å². The van der Waals surface area contributed by atoms with Crippen LogP contribution in [0, 0.1) is 5.41 Å². The van der Waals surface area contributed by atoms with E-state index in [2.05, 4.69) is 9.88 Å². The van der Waals surface area contributed by atoms with Gasteiger partial charge < -0.3 is 0 Å². The first kappa shape index (κ1) is 20.1. The molecule has 1 spiro atoms. The van der Waals surface area contributed by atoms with Gasteiger partial charge in [0.1, 0.15) is 5.69 Å². The summed E-state index contributed by atoms with van der Waals surface area (Å²) in [6.45, 7) is 1.91. The van der Waals surface area contributed by atoms with E-state index in [1.807, 2.05) is 0 Å². The third kappa shape index (κ3) is 4.22. The molecule has 0 radical (unpaired) electrons. The van der Waals surface area contributed by atoms with E-state index in [9.17, 15) is 21.6 Å². The molecule has 0 bridgehead atoms. The minimum Gasteiger partial charge on any atom is -0.300 e. The summed E-state index contributed by atoms with van der Waals surface area (Å²) in [5, 5.41) is 0. The SMILES string of the molecule is O=S1(=O)CC[C@@]2(CCCN(C3CCC(c4ccc(C(F)(F)F)nc4)CC3)C2)C1. The van der Waals surface area contributed by atoms with Crippen LogP contribution in [0.5, 0.6) is 0 Å². The molecule has 3 fully saturated rings. The van der Waals surface area contributed by atoms with Crippen LogP contribution in [0.15, 0.2) is 18.3 Å². The molecular formula is C20H27F3N2O2S. The Hall–Kier alpha value is -1.15. The second-order valence-corrected chi connectivity index (χ2v) is 11.1. The average Bonchev–Trinajstić information content (AvgIpc) is 2.95. The molecule has 1 aromatic rings. The molecule has 1 atom stereocenters. The van der Waals surface area contributed by atoms with E-state index in [1.54, 1.807) is 6.07 Å². The molecule has 0 amide bonds. The van der Waals surface area contributed by atoms with Crippen molar-refractivity contribution in [1.29, 1.82) is 0 Å². The van der Waals surface area contributed by atoms with Crippen molar-refractivity contribution >= 4 is 9.84 Å². The van der Waals surface area contributed by atoms with E-state index in [-0.39, 0.29) is 11.3 Å². The number of pyridine rings is 1. The molecule has 2 aliphatic heterocycles. The van der Waals surface area contributed by atoms with Gasteiger partial charge in [-0.3, -0.25) is 9.88 Å². The van der Waals surface area contributed by atoms with Crippen molar-refractivity contribution in [1.82, 2.24) is 9.88 Å². The van der Waals surface area contributed by atoms with E-state index in [4.69, 9.17) is 0 Å². The van der Waals surface area contributed by atoms with Gasteiger partial charge in [0.25, 0.3) is 0 Å². The Labute approximate surface area is 164 Å². The summed E-state index contributed by atoms with van der Waals surface area (Å²) in [5.41, 5.74) is 0.00386. The van der Waals surface area contributed by atoms with Crippen molar-refractivity contribution in [2.75, 3.05) is 24.6 Å². The molecular weight excluding hydrogens is 389 g/mol. The van der Waals surface area contributed by atoms with Crippen LogP contribution < -0.4 is 0 Å². The standard InChI is InChI=1S/C20H27F3N2O2S/c21-20(22,23)18-7-4-16(12-24-18)15-2-5-17(6-3-15)25-10-1-8-19(13-25)9-11-28(26,27)14-19/h4,7,12,15,17H,1-3,5-6,8-11,13-14H2/t15?,17?,19-/m1/s1. The molecule has 1 aliphatic carbocycles. The Balaban J connectivity index is 1.35. The first-order valence-corrected chi connectivity index (χ1v) is 12.0. The highest BCUT2D eigenvalue weighted by atomic mass is 32.2. The Morgan fingerprint density at radius 1 is 1.11 bits per heavy atom. The van der Waals surface area contributed by atoms with Gasteiger partial charge in [-0.05, 0) is 74.5 Å². The van der Waals surface area contributed by atoms with Gasteiger partial charge in [0.15, 0.2) is 9.84 Å². The van der Waals surface area contributed by atoms with Gasteiger partial charge >= 0.3 is 6.18 Å². The molecule has 3 aliphatic rings. The Morgan fingerprint density at radius 3 is 2.43 bits per heavy atom. The maximum absolute atomic E-state index is 12.7. The van der Waals surface area contributed by atoms with E-state index >= 15 is 0 Å². The zero-order chi connectivity index (χ0) is 20.0. The summed E-state index contributed by atoms with van der Waals surface area (Å²) in [6, 6.07) is 3.11. The number of rotatable bonds is 2. The molecule has 0 aromatic carbocycles. The van der Waals surface area contributed by atoms with E-state index in [1.165, 1.54) is 6.20 Å². The summed E-state index contributed by atoms with van der Waals surface area (Å²) in [6.07, 6.45) is 3.75. The lowest BCUT2D eigenvalue weighted by atomic mass is 9.76. The molecule has 0 N–H and O–H groups in total. The molecule has 4 rings (SSSR count). The Morgan fingerprint density at radius 2 is 1.86 bits per heavy atom. The highest BCUT2D eigenvalue weighted by Crippen LogP contribution is 2.43.